The van der Waals surface area contributed by atoms with E-state index in [-0.39, 0.29) is 30.1 Å². The molecule has 4 heterocycles. The average molecular weight is 427 g/mol. The number of fused-ring (bicyclic) bond motifs is 1. The van der Waals surface area contributed by atoms with Gasteiger partial charge in [-0.05, 0) is 50.1 Å². The molecule has 3 aliphatic heterocycles. The number of carbonyl (C=O) groups is 1. The van der Waals surface area contributed by atoms with E-state index in [2.05, 4.69) is 29.6 Å². The Hall–Kier alpha value is -2.55. The fourth-order valence-corrected chi connectivity index (χ4v) is 4.74. The number of piperazine rings is 1. The van der Waals surface area contributed by atoms with Gasteiger partial charge >= 0.3 is 0 Å². The second-order valence-electron chi connectivity index (χ2n) is 8.73. The highest BCUT2D eigenvalue weighted by molar-refractivity contribution is 5.82. The Morgan fingerprint density at radius 1 is 1.06 bits per heavy atom. The minimum absolute atomic E-state index is 0.0535. The first-order valence-electron chi connectivity index (χ1n) is 11.1. The van der Waals surface area contributed by atoms with Gasteiger partial charge in [-0.3, -0.25) is 9.69 Å². The Bertz CT molecular complexity index is 918. The molecule has 5 rings (SSSR count). The van der Waals surface area contributed by atoms with Gasteiger partial charge in [-0.2, -0.15) is 0 Å². The van der Waals surface area contributed by atoms with Crippen LogP contribution in [-0.2, 0) is 11.3 Å². The van der Waals surface area contributed by atoms with E-state index in [0.717, 1.165) is 35.9 Å². The van der Waals surface area contributed by atoms with Crippen LogP contribution in [0.15, 0.2) is 41.0 Å². The van der Waals surface area contributed by atoms with E-state index in [1.54, 1.807) is 6.26 Å². The quantitative estimate of drug-likeness (QED) is 0.775. The number of hydrogen-bond donors (Lipinski definition) is 2. The number of nitrogens with zero attached hydrogens (tertiary/aromatic N) is 2. The molecule has 1 aromatic carbocycles. The molecule has 166 valence electrons. The zero-order chi connectivity index (χ0) is 21.4. The number of hydrogen-bond acceptors (Lipinski definition) is 7. The van der Waals surface area contributed by atoms with E-state index >= 15 is 0 Å². The van der Waals surface area contributed by atoms with Crippen LogP contribution in [0.4, 0.5) is 0 Å². The fraction of sp³-hybridized carbons (Fsp3) is 0.522. The molecule has 0 spiro atoms. The van der Waals surface area contributed by atoms with Gasteiger partial charge in [-0.25, -0.2) is 10.9 Å². The molecule has 3 aliphatic rings. The number of amides is 1. The van der Waals surface area contributed by atoms with Gasteiger partial charge in [0.05, 0.1) is 12.8 Å². The lowest BCUT2D eigenvalue weighted by atomic mass is 9.99. The van der Waals surface area contributed by atoms with Crippen molar-refractivity contribution in [3.05, 3.63) is 47.9 Å². The molecule has 0 aliphatic carbocycles. The van der Waals surface area contributed by atoms with Gasteiger partial charge in [0, 0.05) is 31.2 Å². The molecular formula is C23H30N4O4. The number of benzene rings is 1. The Labute approximate surface area is 182 Å². The molecule has 1 aromatic heterocycles. The standard InChI is InChI=1S/C23H30N4O4/c1-15-13-27(16(2)12-26(15)14-18-4-3-7-29-18)23(28)20-11-19(24-25-20)17-5-6-21-22(10-17)31-9-8-30-21/h3-7,10,15-16,19-20,24-25H,8-9,11-14H2,1-2H3/t15-,16-,19?,20?/m0/s1. The highest BCUT2D eigenvalue weighted by atomic mass is 16.6. The van der Waals surface area contributed by atoms with E-state index in [1.165, 1.54) is 0 Å². The highest BCUT2D eigenvalue weighted by Gasteiger charge is 2.38. The van der Waals surface area contributed by atoms with Crippen molar-refractivity contribution < 1.29 is 18.7 Å². The molecule has 0 saturated carbocycles. The van der Waals surface area contributed by atoms with Gasteiger partial charge in [0.2, 0.25) is 5.91 Å². The van der Waals surface area contributed by atoms with E-state index in [4.69, 9.17) is 13.9 Å². The zero-order valence-corrected chi connectivity index (χ0v) is 18.0. The average Bonchev–Trinajstić information content (AvgIpc) is 3.47. The zero-order valence-electron chi connectivity index (χ0n) is 18.0. The number of carbonyl (C=O) groups excluding carboxylic acids is 1. The maximum Gasteiger partial charge on any atom is 0.241 e. The third-order valence-corrected chi connectivity index (χ3v) is 6.51. The predicted octanol–water partition coefficient (Wildman–Crippen LogP) is 2.08. The van der Waals surface area contributed by atoms with E-state index < -0.39 is 0 Å². The van der Waals surface area contributed by atoms with Gasteiger partial charge in [-0.15, -0.1) is 0 Å². The van der Waals surface area contributed by atoms with Gasteiger partial charge in [0.15, 0.2) is 11.5 Å². The lowest BCUT2D eigenvalue weighted by Crippen LogP contribution is -2.60. The monoisotopic (exact) mass is 426 g/mol. The van der Waals surface area contributed by atoms with Crippen molar-refractivity contribution in [2.75, 3.05) is 26.3 Å². The molecule has 2 N–H and O–H groups in total. The van der Waals surface area contributed by atoms with Crippen LogP contribution in [0.3, 0.4) is 0 Å². The minimum Gasteiger partial charge on any atom is -0.486 e. The summed E-state index contributed by atoms with van der Waals surface area (Å²) >= 11 is 0. The van der Waals surface area contributed by atoms with Crippen molar-refractivity contribution >= 4 is 5.91 Å². The summed E-state index contributed by atoms with van der Waals surface area (Å²) in [6, 6.07) is 10.1. The Kier molecular flexibility index (Phi) is 5.60. The minimum atomic E-state index is -0.246. The lowest BCUT2D eigenvalue weighted by Gasteiger charge is -2.44. The molecule has 4 atom stereocenters. The second-order valence-corrected chi connectivity index (χ2v) is 8.73. The fourth-order valence-electron chi connectivity index (χ4n) is 4.74. The summed E-state index contributed by atoms with van der Waals surface area (Å²) < 4.78 is 16.8. The van der Waals surface area contributed by atoms with Crippen LogP contribution in [0.1, 0.15) is 37.6 Å². The summed E-state index contributed by atoms with van der Waals surface area (Å²) in [5, 5.41) is 0. The van der Waals surface area contributed by atoms with Crippen molar-refractivity contribution in [2.24, 2.45) is 0 Å². The second kappa shape index (κ2) is 8.53. The molecule has 0 bridgehead atoms. The molecule has 31 heavy (non-hydrogen) atoms. The summed E-state index contributed by atoms with van der Waals surface area (Å²) in [4.78, 5) is 17.7. The Morgan fingerprint density at radius 2 is 1.90 bits per heavy atom. The van der Waals surface area contributed by atoms with Crippen LogP contribution in [0.25, 0.3) is 0 Å². The molecule has 0 radical (unpaired) electrons. The van der Waals surface area contributed by atoms with Crippen LogP contribution >= 0.6 is 0 Å². The SMILES string of the molecule is C[C@H]1CN(C(=O)C2CC(c3ccc4c(c3)OCCO4)NN2)[C@@H](C)CN1Cc1ccco1. The van der Waals surface area contributed by atoms with E-state index in [9.17, 15) is 4.79 Å². The molecule has 2 fully saturated rings. The first-order chi connectivity index (χ1) is 15.1. The van der Waals surface area contributed by atoms with Crippen LogP contribution < -0.4 is 20.3 Å². The van der Waals surface area contributed by atoms with Gasteiger partial charge < -0.3 is 18.8 Å². The number of rotatable bonds is 4. The van der Waals surface area contributed by atoms with Gasteiger partial charge in [0.1, 0.15) is 25.0 Å². The molecule has 2 aromatic rings. The maximum absolute atomic E-state index is 13.3. The summed E-state index contributed by atoms with van der Waals surface area (Å²) in [5.41, 5.74) is 7.62. The smallest absolute Gasteiger partial charge is 0.241 e. The van der Waals surface area contributed by atoms with Crippen molar-refractivity contribution in [1.29, 1.82) is 0 Å². The van der Waals surface area contributed by atoms with Crippen molar-refractivity contribution in [2.45, 2.75) is 51.0 Å². The van der Waals surface area contributed by atoms with Crippen molar-refractivity contribution in [1.82, 2.24) is 20.7 Å². The summed E-state index contributed by atoms with van der Waals surface area (Å²) in [6.45, 7) is 7.77. The maximum atomic E-state index is 13.3. The Morgan fingerprint density at radius 3 is 2.71 bits per heavy atom. The first-order valence-corrected chi connectivity index (χ1v) is 11.1. The molecule has 2 saturated heterocycles. The van der Waals surface area contributed by atoms with E-state index in [0.29, 0.717) is 26.2 Å². The largest absolute Gasteiger partial charge is 0.486 e. The molecular weight excluding hydrogens is 396 g/mol. The Balaban J connectivity index is 1.21. The number of furan rings is 1. The van der Waals surface area contributed by atoms with Crippen LogP contribution in [0.5, 0.6) is 11.5 Å². The van der Waals surface area contributed by atoms with Crippen molar-refractivity contribution in [3.8, 4) is 11.5 Å². The number of hydrazine groups is 1. The molecule has 8 heteroatoms. The molecule has 1 amide bonds. The summed E-state index contributed by atoms with van der Waals surface area (Å²) in [6.07, 6.45) is 2.41. The third kappa shape index (κ3) is 4.15. The van der Waals surface area contributed by atoms with Crippen LogP contribution in [0.2, 0.25) is 0 Å². The molecule has 2 unspecified atom stereocenters. The first kappa shape index (κ1) is 20.4. The van der Waals surface area contributed by atoms with Gasteiger partial charge in [-0.1, -0.05) is 6.07 Å². The summed E-state index contributed by atoms with van der Waals surface area (Å²) in [7, 11) is 0. The highest BCUT2D eigenvalue weighted by Crippen LogP contribution is 2.34. The van der Waals surface area contributed by atoms with Crippen LogP contribution in [-0.4, -0.2) is 60.1 Å². The third-order valence-electron chi connectivity index (χ3n) is 6.51. The number of nitrogens with one attached hydrogen (secondary N) is 2. The predicted molar refractivity (Wildman–Crippen MR) is 115 cm³/mol. The topological polar surface area (TPSA) is 79.2 Å². The summed E-state index contributed by atoms with van der Waals surface area (Å²) in [5.74, 6) is 2.67. The lowest BCUT2D eigenvalue weighted by molar-refractivity contribution is -0.139. The normalized spacial score (nSPS) is 28.6. The van der Waals surface area contributed by atoms with E-state index in [1.807, 2.05) is 35.2 Å². The van der Waals surface area contributed by atoms with Gasteiger partial charge in [0.25, 0.3) is 0 Å². The van der Waals surface area contributed by atoms with Crippen LogP contribution in [0, 0.1) is 0 Å². The van der Waals surface area contributed by atoms with Crippen molar-refractivity contribution in [3.63, 3.8) is 0 Å². The number of ether oxygens (including phenoxy) is 2. The molecule has 8 nitrogen and oxygen atoms in total.